The largest absolute Gasteiger partial charge is 0.399 e. The average Bonchev–Trinajstić information content (AvgIpc) is 2.24. The Balaban J connectivity index is 2.24. The second kappa shape index (κ2) is 4.49. The molecule has 16 heavy (non-hydrogen) atoms. The van der Waals surface area contributed by atoms with Crippen molar-refractivity contribution in [3.05, 3.63) is 48.0 Å². The van der Waals surface area contributed by atoms with Crippen molar-refractivity contribution in [3.63, 3.8) is 0 Å². The molecule has 0 saturated heterocycles. The lowest BCUT2D eigenvalue weighted by atomic mass is 10.2. The molecule has 0 saturated carbocycles. The van der Waals surface area contributed by atoms with Crippen LogP contribution in [0.2, 0.25) is 0 Å². The molecule has 0 radical (unpaired) electrons. The maximum absolute atomic E-state index is 5.78. The van der Waals surface area contributed by atoms with Gasteiger partial charge in [-0.1, -0.05) is 17.8 Å². The van der Waals surface area contributed by atoms with Gasteiger partial charge in [-0.3, -0.25) is 0 Å². The van der Waals surface area contributed by atoms with Gasteiger partial charge in [-0.2, -0.15) is 0 Å². The van der Waals surface area contributed by atoms with E-state index in [1.54, 1.807) is 11.8 Å². The van der Waals surface area contributed by atoms with Crippen molar-refractivity contribution in [2.24, 2.45) is 0 Å². The van der Waals surface area contributed by atoms with Crippen molar-refractivity contribution in [1.82, 2.24) is 0 Å². The molecule has 0 aliphatic heterocycles. The molecule has 2 rings (SSSR count). The number of hydrogen-bond acceptors (Lipinski definition) is 3. The van der Waals surface area contributed by atoms with Crippen LogP contribution in [-0.2, 0) is 0 Å². The Bertz CT molecular complexity index is 509. The van der Waals surface area contributed by atoms with Crippen molar-refractivity contribution in [2.75, 3.05) is 11.5 Å². The summed E-state index contributed by atoms with van der Waals surface area (Å²) in [4.78, 5) is 2.32. The summed E-state index contributed by atoms with van der Waals surface area (Å²) >= 11 is 1.69. The molecule has 2 aromatic rings. The molecule has 2 nitrogen and oxygen atoms in total. The number of benzene rings is 2. The van der Waals surface area contributed by atoms with Gasteiger partial charge in [-0.05, 0) is 48.9 Å². The predicted molar refractivity (Wildman–Crippen MR) is 70.6 cm³/mol. The van der Waals surface area contributed by atoms with Crippen LogP contribution in [-0.4, -0.2) is 0 Å². The van der Waals surface area contributed by atoms with E-state index in [1.807, 2.05) is 43.3 Å². The Kier molecular flexibility index (Phi) is 3.06. The number of nitrogens with two attached hydrogens (primary N) is 2. The van der Waals surface area contributed by atoms with Crippen LogP contribution in [0.15, 0.2) is 52.3 Å². The molecule has 0 bridgehead atoms. The summed E-state index contributed by atoms with van der Waals surface area (Å²) in [6.07, 6.45) is 0. The SMILES string of the molecule is Cc1cc(Sc2cccc(N)c2)ccc1N. The highest BCUT2D eigenvalue weighted by molar-refractivity contribution is 7.99. The van der Waals surface area contributed by atoms with Gasteiger partial charge >= 0.3 is 0 Å². The van der Waals surface area contributed by atoms with Gasteiger partial charge < -0.3 is 11.5 Å². The Morgan fingerprint density at radius 1 is 0.938 bits per heavy atom. The first-order chi connectivity index (χ1) is 7.65. The maximum Gasteiger partial charge on any atom is 0.0344 e. The zero-order valence-corrected chi connectivity index (χ0v) is 9.92. The predicted octanol–water partition coefficient (Wildman–Crippen LogP) is 3.31. The van der Waals surface area contributed by atoms with Crippen LogP contribution in [0.1, 0.15) is 5.56 Å². The van der Waals surface area contributed by atoms with Crippen molar-refractivity contribution in [1.29, 1.82) is 0 Å². The van der Waals surface area contributed by atoms with E-state index in [0.29, 0.717) is 0 Å². The van der Waals surface area contributed by atoms with E-state index in [0.717, 1.165) is 21.8 Å². The summed E-state index contributed by atoms with van der Waals surface area (Å²) in [5.41, 5.74) is 14.2. The second-order valence-electron chi connectivity index (χ2n) is 3.69. The summed E-state index contributed by atoms with van der Waals surface area (Å²) in [6, 6.07) is 13.9. The van der Waals surface area contributed by atoms with E-state index >= 15 is 0 Å². The zero-order valence-electron chi connectivity index (χ0n) is 9.10. The van der Waals surface area contributed by atoms with Gasteiger partial charge in [0.15, 0.2) is 0 Å². The van der Waals surface area contributed by atoms with Crippen molar-refractivity contribution < 1.29 is 0 Å². The van der Waals surface area contributed by atoms with Crippen LogP contribution in [0.4, 0.5) is 11.4 Å². The quantitative estimate of drug-likeness (QED) is 0.778. The van der Waals surface area contributed by atoms with Crippen LogP contribution in [0.25, 0.3) is 0 Å². The summed E-state index contributed by atoms with van der Waals surface area (Å²) in [5, 5.41) is 0. The third-order valence-electron chi connectivity index (χ3n) is 2.34. The highest BCUT2D eigenvalue weighted by atomic mass is 32.2. The second-order valence-corrected chi connectivity index (χ2v) is 4.84. The van der Waals surface area contributed by atoms with Crippen LogP contribution in [0.3, 0.4) is 0 Å². The topological polar surface area (TPSA) is 52.0 Å². The third-order valence-corrected chi connectivity index (χ3v) is 3.31. The Morgan fingerprint density at radius 3 is 2.38 bits per heavy atom. The van der Waals surface area contributed by atoms with Crippen LogP contribution >= 0.6 is 11.8 Å². The molecule has 0 atom stereocenters. The minimum absolute atomic E-state index is 0.789. The van der Waals surface area contributed by atoms with Gasteiger partial charge in [0, 0.05) is 21.2 Å². The van der Waals surface area contributed by atoms with Crippen LogP contribution < -0.4 is 11.5 Å². The summed E-state index contributed by atoms with van der Waals surface area (Å²) in [6.45, 7) is 2.01. The minimum Gasteiger partial charge on any atom is -0.399 e. The smallest absolute Gasteiger partial charge is 0.0344 e. The van der Waals surface area contributed by atoms with E-state index in [4.69, 9.17) is 11.5 Å². The minimum atomic E-state index is 0.789. The van der Waals surface area contributed by atoms with Crippen molar-refractivity contribution >= 4 is 23.1 Å². The van der Waals surface area contributed by atoms with Crippen molar-refractivity contribution in [3.8, 4) is 0 Å². The van der Waals surface area contributed by atoms with Gasteiger partial charge in [0.2, 0.25) is 0 Å². The van der Waals surface area contributed by atoms with Gasteiger partial charge in [0.25, 0.3) is 0 Å². The Morgan fingerprint density at radius 2 is 1.69 bits per heavy atom. The molecule has 2 aromatic carbocycles. The standard InChI is InChI=1S/C13H14N2S/c1-9-7-12(5-6-13(9)15)16-11-4-2-3-10(14)8-11/h2-8H,14-15H2,1H3. The normalized spacial score (nSPS) is 10.3. The lowest BCUT2D eigenvalue weighted by Gasteiger charge is -2.05. The highest BCUT2D eigenvalue weighted by Gasteiger charge is 2.00. The lowest BCUT2D eigenvalue weighted by Crippen LogP contribution is -1.88. The highest BCUT2D eigenvalue weighted by Crippen LogP contribution is 2.30. The molecule has 0 unspecified atom stereocenters. The third kappa shape index (κ3) is 2.49. The van der Waals surface area contributed by atoms with E-state index in [-0.39, 0.29) is 0 Å². The summed E-state index contributed by atoms with van der Waals surface area (Å²) < 4.78 is 0. The fourth-order valence-corrected chi connectivity index (χ4v) is 2.41. The molecule has 0 aliphatic carbocycles. The molecule has 0 heterocycles. The van der Waals surface area contributed by atoms with Gasteiger partial charge in [0.1, 0.15) is 0 Å². The molecule has 4 N–H and O–H groups in total. The fourth-order valence-electron chi connectivity index (χ4n) is 1.43. The number of aryl methyl sites for hydroxylation is 1. The summed E-state index contributed by atoms with van der Waals surface area (Å²) in [5.74, 6) is 0. The van der Waals surface area contributed by atoms with Gasteiger partial charge in [-0.15, -0.1) is 0 Å². The summed E-state index contributed by atoms with van der Waals surface area (Å²) in [7, 11) is 0. The number of anilines is 2. The molecule has 82 valence electrons. The van der Waals surface area contributed by atoms with Gasteiger partial charge in [0.05, 0.1) is 0 Å². The Hall–Kier alpha value is -1.61. The molecule has 0 aliphatic rings. The molecule has 0 aromatic heterocycles. The van der Waals surface area contributed by atoms with Gasteiger partial charge in [-0.25, -0.2) is 0 Å². The number of nitrogen functional groups attached to an aromatic ring is 2. The van der Waals surface area contributed by atoms with Crippen molar-refractivity contribution in [2.45, 2.75) is 16.7 Å². The number of hydrogen-bond donors (Lipinski definition) is 2. The van der Waals surface area contributed by atoms with Crippen LogP contribution in [0, 0.1) is 6.92 Å². The monoisotopic (exact) mass is 230 g/mol. The van der Waals surface area contributed by atoms with E-state index in [9.17, 15) is 0 Å². The van der Waals surface area contributed by atoms with E-state index in [1.165, 1.54) is 4.90 Å². The fraction of sp³-hybridized carbons (Fsp3) is 0.0769. The molecule has 3 heteroatoms. The first-order valence-corrected chi connectivity index (χ1v) is 5.86. The molecule has 0 fully saturated rings. The number of rotatable bonds is 2. The maximum atomic E-state index is 5.78. The lowest BCUT2D eigenvalue weighted by molar-refractivity contribution is 1.35. The first-order valence-electron chi connectivity index (χ1n) is 5.04. The zero-order chi connectivity index (χ0) is 11.5. The Labute approximate surface area is 99.7 Å². The van der Waals surface area contributed by atoms with E-state index < -0.39 is 0 Å². The molecular formula is C13H14N2S. The molecule has 0 amide bonds. The molecule has 0 spiro atoms. The average molecular weight is 230 g/mol. The van der Waals surface area contributed by atoms with E-state index in [2.05, 4.69) is 6.07 Å². The first kappa shape index (κ1) is 10.9. The van der Waals surface area contributed by atoms with Crippen LogP contribution in [0.5, 0.6) is 0 Å². The molecular weight excluding hydrogens is 216 g/mol.